The Balaban J connectivity index is 1.57. The normalized spacial score (nSPS) is 36.8. The molecule has 0 bridgehead atoms. The lowest BCUT2D eigenvalue weighted by molar-refractivity contribution is -0.121. The van der Waals surface area contributed by atoms with Crippen LogP contribution in [0, 0.1) is 5.92 Å². The lowest BCUT2D eigenvalue weighted by atomic mass is 9.79. The van der Waals surface area contributed by atoms with Crippen LogP contribution in [0.25, 0.3) is 0 Å². The Kier molecular flexibility index (Phi) is 5.04. The van der Waals surface area contributed by atoms with E-state index in [4.69, 9.17) is 4.74 Å². The van der Waals surface area contributed by atoms with Gasteiger partial charge in [0.15, 0.2) is 0 Å². The molecule has 2 nitrogen and oxygen atoms in total. The fourth-order valence-corrected chi connectivity index (χ4v) is 3.96. The molecular formula is C18H33NO. The van der Waals surface area contributed by atoms with Gasteiger partial charge in [0, 0.05) is 12.6 Å². The topological polar surface area (TPSA) is 21.3 Å². The quantitative estimate of drug-likeness (QED) is 0.752. The molecule has 0 heterocycles. The van der Waals surface area contributed by atoms with Crippen LogP contribution in [0.15, 0.2) is 0 Å². The highest BCUT2D eigenvalue weighted by Crippen LogP contribution is 2.37. The molecule has 0 atom stereocenters. The number of nitrogens with one attached hydrogen (secondary N) is 1. The third kappa shape index (κ3) is 4.21. The first kappa shape index (κ1) is 14.8. The van der Waals surface area contributed by atoms with Crippen molar-refractivity contribution in [2.45, 2.75) is 102 Å². The number of hydrogen-bond donors (Lipinski definition) is 1. The van der Waals surface area contributed by atoms with Crippen LogP contribution in [0.1, 0.15) is 84.0 Å². The van der Waals surface area contributed by atoms with Gasteiger partial charge < -0.3 is 10.1 Å². The van der Waals surface area contributed by atoms with Gasteiger partial charge in [0.25, 0.3) is 0 Å². The maximum Gasteiger partial charge on any atom is 0.0810 e. The fraction of sp³-hybridized carbons (Fsp3) is 1.00. The van der Waals surface area contributed by atoms with E-state index in [1.807, 2.05) is 0 Å². The molecular weight excluding hydrogens is 246 g/mol. The Morgan fingerprint density at radius 1 is 0.900 bits per heavy atom. The lowest BCUT2D eigenvalue weighted by Crippen LogP contribution is -2.48. The van der Waals surface area contributed by atoms with Crippen LogP contribution in [-0.4, -0.2) is 24.3 Å². The van der Waals surface area contributed by atoms with Gasteiger partial charge in [0.05, 0.1) is 11.7 Å². The molecule has 0 aromatic carbocycles. The summed E-state index contributed by atoms with van der Waals surface area (Å²) in [5.41, 5.74) is 0.171. The zero-order valence-electron chi connectivity index (χ0n) is 13.3. The zero-order chi connectivity index (χ0) is 13.8. The molecule has 3 saturated carbocycles. The largest absolute Gasteiger partial charge is 0.370 e. The molecule has 0 aromatic heterocycles. The van der Waals surface area contributed by atoms with Gasteiger partial charge in [-0.15, -0.1) is 0 Å². The number of rotatable bonds is 5. The lowest BCUT2D eigenvalue weighted by Gasteiger charge is -2.42. The SMILES string of the molecule is CC1CCC(CNC2CC2)(OC2CCCCCC2)CC1. The zero-order valence-corrected chi connectivity index (χ0v) is 13.3. The van der Waals surface area contributed by atoms with Gasteiger partial charge in [-0.05, 0) is 57.3 Å². The highest BCUT2D eigenvalue weighted by Gasteiger charge is 2.38. The summed E-state index contributed by atoms with van der Waals surface area (Å²) in [4.78, 5) is 0. The summed E-state index contributed by atoms with van der Waals surface area (Å²) in [6.07, 6.45) is 16.8. The van der Waals surface area contributed by atoms with Gasteiger partial charge >= 0.3 is 0 Å². The van der Waals surface area contributed by atoms with Crippen molar-refractivity contribution in [2.24, 2.45) is 5.92 Å². The van der Waals surface area contributed by atoms with E-state index in [0.29, 0.717) is 6.10 Å². The van der Waals surface area contributed by atoms with E-state index in [0.717, 1.165) is 18.5 Å². The second-order valence-electron chi connectivity index (χ2n) is 7.75. The molecule has 0 unspecified atom stereocenters. The van der Waals surface area contributed by atoms with Crippen molar-refractivity contribution < 1.29 is 4.74 Å². The van der Waals surface area contributed by atoms with E-state index in [1.165, 1.54) is 77.0 Å². The van der Waals surface area contributed by atoms with Crippen LogP contribution in [0.5, 0.6) is 0 Å². The molecule has 1 N–H and O–H groups in total. The van der Waals surface area contributed by atoms with Crippen LogP contribution in [-0.2, 0) is 4.74 Å². The van der Waals surface area contributed by atoms with E-state index in [1.54, 1.807) is 0 Å². The van der Waals surface area contributed by atoms with Crippen LogP contribution in [0.2, 0.25) is 0 Å². The third-order valence-electron chi connectivity index (χ3n) is 5.69. The Morgan fingerprint density at radius 2 is 1.55 bits per heavy atom. The average Bonchev–Trinajstić information content (AvgIpc) is 3.27. The Hall–Kier alpha value is -0.0800. The predicted molar refractivity (Wildman–Crippen MR) is 84.0 cm³/mol. The van der Waals surface area contributed by atoms with E-state index >= 15 is 0 Å². The van der Waals surface area contributed by atoms with Crippen molar-refractivity contribution in [3.05, 3.63) is 0 Å². The van der Waals surface area contributed by atoms with Gasteiger partial charge in [-0.2, -0.15) is 0 Å². The maximum atomic E-state index is 6.76. The summed E-state index contributed by atoms with van der Waals surface area (Å²) in [5.74, 6) is 0.904. The third-order valence-corrected chi connectivity index (χ3v) is 5.69. The van der Waals surface area contributed by atoms with Gasteiger partial charge in [-0.25, -0.2) is 0 Å². The van der Waals surface area contributed by atoms with Crippen LogP contribution < -0.4 is 5.32 Å². The molecule has 3 fully saturated rings. The van der Waals surface area contributed by atoms with Crippen molar-refractivity contribution in [3.63, 3.8) is 0 Å². The molecule has 2 heteroatoms. The fourth-order valence-electron chi connectivity index (χ4n) is 3.96. The van der Waals surface area contributed by atoms with Crippen LogP contribution in [0.3, 0.4) is 0 Å². The minimum absolute atomic E-state index is 0.171. The summed E-state index contributed by atoms with van der Waals surface area (Å²) in [6, 6.07) is 0.809. The van der Waals surface area contributed by atoms with E-state index in [-0.39, 0.29) is 5.60 Å². The first-order chi connectivity index (χ1) is 9.76. The van der Waals surface area contributed by atoms with Gasteiger partial charge in [-0.3, -0.25) is 0 Å². The number of hydrogen-bond acceptors (Lipinski definition) is 2. The standard InChI is InChI=1S/C18H33NO/c1-15-10-12-18(13-11-15,14-19-16-8-9-16)20-17-6-4-2-3-5-7-17/h15-17,19H,2-14H2,1H3. The summed E-state index contributed by atoms with van der Waals surface area (Å²) in [7, 11) is 0. The summed E-state index contributed by atoms with van der Waals surface area (Å²) >= 11 is 0. The summed E-state index contributed by atoms with van der Waals surface area (Å²) in [5, 5.41) is 3.76. The van der Waals surface area contributed by atoms with Gasteiger partial charge in [-0.1, -0.05) is 32.6 Å². The molecule has 0 aliphatic heterocycles. The van der Waals surface area contributed by atoms with Gasteiger partial charge in [0.2, 0.25) is 0 Å². The van der Waals surface area contributed by atoms with Crippen molar-refractivity contribution >= 4 is 0 Å². The average molecular weight is 279 g/mol. The Labute approximate surface area is 125 Å². The molecule has 0 aromatic rings. The minimum Gasteiger partial charge on any atom is -0.370 e. The summed E-state index contributed by atoms with van der Waals surface area (Å²) in [6.45, 7) is 3.52. The van der Waals surface area contributed by atoms with Crippen molar-refractivity contribution in [2.75, 3.05) is 6.54 Å². The molecule has 3 aliphatic carbocycles. The van der Waals surface area contributed by atoms with E-state index in [2.05, 4.69) is 12.2 Å². The van der Waals surface area contributed by atoms with Crippen molar-refractivity contribution in [3.8, 4) is 0 Å². The molecule has 20 heavy (non-hydrogen) atoms. The molecule has 116 valence electrons. The maximum absolute atomic E-state index is 6.76. The molecule has 0 amide bonds. The summed E-state index contributed by atoms with van der Waals surface area (Å²) < 4.78 is 6.76. The number of ether oxygens (including phenoxy) is 1. The van der Waals surface area contributed by atoms with E-state index in [9.17, 15) is 0 Å². The monoisotopic (exact) mass is 279 g/mol. The van der Waals surface area contributed by atoms with Crippen molar-refractivity contribution in [1.82, 2.24) is 5.32 Å². The molecule has 0 saturated heterocycles. The smallest absolute Gasteiger partial charge is 0.0810 e. The van der Waals surface area contributed by atoms with Crippen molar-refractivity contribution in [1.29, 1.82) is 0 Å². The second-order valence-corrected chi connectivity index (χ2v) is 7.75. The highest BCUT2D eigenvalue weighted by molar-refractivity contribution is 4.93. The van der Waals surface area contributed by atoms with Crippen LogP contribution >= 0.6 is 0 Å². The molecule has 0 radical (unpaired) electrons. The van der Waals surface area contributed by atoms with Gasteiger partial charge in [0.1, 0.15) is 0 Å². The first-order valence-electron chi connectivity index (χ1n) is 9.17. The molecule has 0 spiro atoms. The van der Waals surface area contributed by atoms with Crippen LogP contribution in [0.4, 0.5) is 0 Å². The molecule has 3 aliphatic rings. The first-order valence-corrected chi connectivity index (χ1v) is 9.17. The highest BCUT2D eigenvalue weighted by atomic mass is 16.5. The van der Waals surface area contributed by atoms with E-state index < -0.39 is 0 Å². The second kappa shape index (κ2) is 6.79. The molecule has 3 rings (SSSR count). The predicted octanol–water partition coefficient (Wildman–Crippen LogP) is 4.43. The minimum atomic E-state index is 0.171. The Bertz CT molecular complexity index is 284. The Morgan fingerprint density at radius 3 is 2.15 bits per heavy atom.